The van der Waals surface area contributed by atoms with Crippen LogP contribution in [0.4, 0.5) is 5.69 Å². The van der Waals surface area contributed by atoms with Crippen LogP contribution in [0.1, 0.15) is 33.0 Å². The van der Waals surface area contributed by atoms with Gasteiger partial charge < -0.3 is 9.84 Å². The highest BCUT2D eigenvalue weighted by atomic mass is 16.6. The summed E-state index contributed by atoms with van der Waals surface area (Å²) in [4.78, 5) is 35.2. The van der Waals surface area contributed by atoms with Crippen molar-refractivity contribution in [3.8, 4) is 11.5 Å². The summed E-state index contributed by atoms with van der Waals surface area (Å²) >= 11 is 0. The first-order valence-corrected chi connectivity index (χ1v) is 12.7. The molecular weight excluding hydrogens is 506 g/mol. The molecule has 0 spiro atoms. The van der Waals surface area contributed by atoms with Crippen LogP contribution >= 0.6 is 0 Å². The van der Waals surface area contributed by atoms with E-state index in [0.717, 1.165) is 10.8 Å². The molecule has 1 unspecified atom stereocenters. The highest BCUT2D eigenvalue weighted by Gasteiger charge is 2.44. The van der Waals surface area contributed by atoms with Crippen molar-refractivity contribution in [3.05, 3.63) is 129 Å². The zero-order valence-electron chi connectivity index (χ0n) is 20.7. The molecule has 0 saturated heterocycles. The molecule has 1 atom stereocenters. The standard InChI is InChI=1S/C32H17N3O5/c36-24-14-13-16(35(38)39)15-21(24)25-26-29-28(33-22-11-5-6-12-23(22)34-29)17-7-1-3-9-19(17)31(26)40-32-20-10-4-2-8-18(20)30(37)27(25)32/h1-15,25,36H. The molecule has 8 rings (SSSR count). The second kappa shape index (κ2) is 7.94. The molecule has 0 saturated carbocycles. The van der Waals surface area contributed by atoms with E-state index < -0.39 is 10.8 Å². The van der Waals surface area contributed by atoms with Crippen LogP contribution in [0.3, 0.4) is 0 Å². The first-order valence-electron chi connectivity index (χ1n) is 12.7. The number of aromatic nitrogens is 2. The van der Waals surface area contributed by atoms with Crippen LogP contribution in [0.15, 0.2) is 96.6 Å². The molecule has 6 aromatic rings. The number of phenolic OH excluding ortho intramolecular Hbond substituents is 1. The van der Waals surface area contributed by atoms with Gasteiger partial charge in [0.1, 0.15) is 17.3 Å². The molecule has 2 aliphatic rings. The number of allylic oxidation sites excluding steroid dienone is 1. The summed E-state index contributed by atoms with van der Waals surface area (Å²) in [6, 6.07) is 26.2. The topological polar surface area (TPSA) is 115 Å². The molecule has 1 aliphatic heterocycles. The Balaban J connectivity index is 1.57. The highest BCUT2D eigenvalue weighted by Crippen LogP contribution is 2.56. The highest BCUT2D eigenvalue weighted by molar-refractivity contribution is 6.23. The molecular formula is C32H17N3O5. The number of rotatable bonds is 2. The second-order valence-corrected chi connectivity index (χ2v) is 9.85. The molecule has 0 bridgehead atoms. The van der Waals surface area contributed by atoms with E-state index in [1.54, 1.807) is 12.1 Å². The van der Waals surface area contributed by atoms with Crippen LogP contribution in [0.2, 0.25) is 0 Å². The van der Waals surface area contributed by atoms with Crippen LogP contribution in [0.5, 0.6) is 11.5 Å². The van der Waals surface area contributed by atoms with Gasteiger partial charge >= 0.3 is 0 Å². The summed E-state index contributed by atoms with van der Waals surface area (Å²) in [5, 5.41) is 24.5. The van der Waals surface area contributed by atoms with Crippen molar-refractivity contribution >= 4 is 50.1 Å². The number of ketones is 1. The second-order valence-electron chi connectivity index (χ2n) is 9.85. The minimum Gasteiger partial charge on any atom is -0.508 e. The largest absolute Gasteiger partial charge is 0.508 e. The number of hydrogen-bond acceptors (Lipinski definition) is 7. The monoisotopic (exact) mass is 523 g/mol. The number of para-hydroxylation sites is 2. The first kappa shape index (κ1) is 22.4. The number of nitro groups is 1. The fourth-order valence-electron chi connectivity index (χ4n) is 5.98. The number of hydrogen-bond donors (Lipinski definition) is 1. The molecule has 0 amide bonds. The Hall–Kier alpha value is -5.63. The van der Waals surface area contributed by atoms with Crippen LogP contribution < -0.4 is 4.74 Å². The molecule has 0 fully saturated rings. The Bertz CT molecular complexity index is 2170. The van der Waals surface area contributed by atoms with Gasteiger partial charge in [-0.3, -0.25) is 14.9 Å². The van der Waals surface area contributed by atoms with E-state index in [0.29, 0.717) is 55.8 Å². The van der Waals surface area contributed by atoms with E-state index in [4.69, 9.17) is 14.7 Å². The number of benzene rings is 5. The zero-order chi connectivity index (χ0) is 27.1. The van der Waals surface area contributed by atoms with Gasteiger partial charge in [0.2, 0.25) is 0 Å². The molecule has 40 heavy (non-hydrogen) atoms. The molecule has 8 heteroatoms. The van der Waals surface area contributed by atoms with Gasteiger partial charge in [0.25, 0.3) is 5.69 Å². The van der Waals surface area contributed by atoms with E-state index in [1.807, 2.05) is 60.7 Å². The summed E-state index contributed by atoms with van der Waals surface area (Å²) < 4.78 is 6.63. The lowest BCUT2D eigenvalue weighted by Gasteiger charge is -2.30. The van der Waals surface area contributed by atoms with E-state index in [9.17, 15) is 20.0 Å². The fraction of sp³-hybridized carbons (Fsp3) is 0.0312. The minimum absolute atomic E-state index is 0.172. The van der Waals surface area contributed by atoms with Crippen molar-refractivity contribution in [3.63, 3.8) is 0 Å². The molecule has 5 aromatic carbocycles. The fourth-order valence-corrected chi connectivity index (χ4v) is 5.98. The number of carbonyl (C=O) groups is 1. The molecule has 1 N–H and O–H groups in total. The van der Waals surface area contributed by atoms with Gasteiger partial charge in [-0.15, -0.1) is 0 Å². The number of phenols is 1. The van der Waals surface area contributed by atoms with Crippen molar-refractivity contribution < 1.29 is 19.6 Å². The number of carbonyl (C=O) groups excluding carboxylic acids is 1. The number of fused-ring (bicyclic) bond motifs is 9. The van der Waals surface area contributed by atoms with Crippen molar-refractivity contribution in [1.29, 1.82) is 0 Å². The van der Waals surface area contributed by atoms with Gasteiger partial charge in [-0.1, -0.05) is 60.7 Å². The smallest absolute Gasteiger partial charge is 0.270 e. The Morgan fingerprint density at radius 1 is 0.800 bits per heavy atom. The number of non-ortho nitro benzene ring substituents is 1. The van der Waals surface area contributed by atoms with Gasteiger partial charge in [0.05, 0.1) is 38.5 Å². The van der Waals surface area contributed by atoms with E-state index in [-0.39, 0.29) is 22.8 Å². The van der Waals surface area contributed by atoms with E-state index in [1.165, 1.54) is 18.2 Å². The Morgan fingerprint density at radius 3 is 2.20 bits per heavy atom. The third kappa shape index (κ3) is 2.92. The summed E-state index contributed by atoms with van der Waals surface area (Å²) in [5.74, 6) is -0.480. The molecule has 1 aromatic heterocycles. The van der Waals surface area contributed by atoms with Crippen LogP contribution in [0.25, 0.3) is 38.6 Å². The predicted octanol–water partition coefficient (Wildman–Crippen LogP) is 6.68. The zero-order valence-corrected chi connectivity index (χ0v) is 20.7. The quantitative estimate of drug-likeness (QED) is 0.116. The molecule has 190 valence electrons. The summed E-state index contributed by atoms with van der Waals surface area (Å²) in [6.07, 6.45) is 0. The number of aromatic hydroxyl groups is 1. The van der Waals surface area contributed by atoms with Gasteiger partial charge in [0.15, 0.2) is 5.78 Å². The first-order chi connectivity index (χ1) is 19.5. The maximum atomic E-state index is 14.0. The van der Waals surface area contributed by atoms with Crippen molar-refractivity contribution in [2.24, 2.45) is 0 Å². The van der Waals surface area contributed by atoms with Crippen LogP contribution in [-0.4, -0.2) is 25.8 Å². The Labute approximate surface area is 226 Å². The average Bonchev–Trinajstić information content (AvgIpc) is 3.27. The molecule has 8 nitrogen and oxygen atoms in total. The number of ether oxygens (including phenoxy) is 1. The third-order valence-corrected chi connectivity index (χ3v) is 7.72. The molecule has 0 radical (unpaired) electrons. The SMILES string of the molecule is O=C1C2=C(Oc3c(c4nc5ccccc5nc4c4ccccc34)C2c2cc([N+](=O)[O-])ccc2O)c2ccccc21. The molecule has 2 heterocycles. The summed E-state index contributed by atoms with van der Waals surface area (Å²) in [6.45, 7) is 0. The lowest BCUT2D eigenvalue weighted by Crippen LogP contribution is -2.19. The number of Topliss-reactive ketones (excluding diaryl/α,β-unsaturated/α-hetero) is 1. The van der Waals surface area contributed by atoms with E-state index in [2.05, 4.69) is 0 Å². The lowest BCUT2D eigenvalue weighted by molar-refractivity contribution is -0.384. The van der Waals surface area contributed by atoms with E-state index >= 15 is 0 Å². The van der Waals surface area contributed by atoms with Gasteiger partial charge in [-0.05, 0) is 18.2 Å². The van der Waals surface area contributed by atoms with Crippen molar-refractivity contribution in [2.75, 3.05) is 0 Å². The Morgan fingerprint density at radius 2 is 1.45 bits per heavy atom. The Kier molecular flexibility index (Phi) is 4.44. The third-order valence-electron chi connectivity index (χ3n) is 7.72. The normalized spacial score (nSPS) is 15.7. The number of nitrogens with zero attached hydrogens (tertiary/aromatic N) is 3. The number of nitro benzene ring substituents is 1. The summed E-state index contributed by atoms with van der Waals surface area (Å²) in [7, 11) is 0. The maximum Gasteiger partial charge on any atom is 0.270 e. The van der Waals surface area contributed by atoms with Crippen molar-refractivity contribution in [2.45, 2.75) is 5.92 Å². The van der Waals surface area contributed by atoms with Gasteiger partial charge in [-0.2, -0.15) is 0 Å². The van der Waals surface area contributed by atoms with Gasteiger partial charge in [-0.25, -0.2) is 9.97 Å². The summed E-state index contributed by atoms with van der Waals surface area (Å²) in [5.41, 5.74) is 4.42. The van der Waals surface area contributed by atoms with Crippen LogP contribution in [0, 0.1) is 10.1 Å². The van der Waals surface area contributed by atoms with Crippen LogP contribution in [-0.2, 0) is 0 Å². The van der Waals surface area contributed by atoms with Crippen molar-refractivity contribution in [1.82, 2.24) is 9.97 Å². The maximum absolute atomic E-state index is 14.0. The lowest BCUT2D eigenvalue weighted by atomic mass is 9.79. The minimum atomic E-state index is -0.902. The average molecular weight is 524 g/mol. The molecule has 1 aliphatic carbocycles. The predicted molar refractivity (Wildman–Crippen MR) is 149 cm³/mol. The van der Waals surface area contributed by atoms with Gasteiger partial charge in [0, 0.05) is 45.2 Å².